The van der Waals surface area contributed by atoms with Crippen LogP contribution in [-0.2, 0) is 17.9 Å². The van der Waals surface area contributed by atoms with E-state index >= 15 is 0 Å². The molecule has 0 fully saturated rings. The molecule has 0 atom stereocenters. The van der Waals surface area contributed by atoms with Gasteiger partial charge in [-0.2, -0.15) is 15.2 Å². The molecule has 0 radical (unpaired) electrons. The summed E-state index contributed by atoms with van der Waals surface area (Å²) in [6.07, 6.45) is 3.04. The third-order valence-electron chi connectivity index (χ3n) is 5.57. The van der Waals surface area contributed by atoms with Gasteiger partial charge in [-0.1, -0.05) is 36.4 Å². The number of hydrogen-bond acceptors (Lipinski definition) is 9. The summed E-state index contributed by atoms with van der Waals surface area (Å²) in [4.78, 5) is 29.6. The minimum Gasteiger partial charge on any atom is -0.471 e. The van der Waals surface area contributed by atoms with Crippen molar-refractivity contribution in [3.8, 4) is 11.9 Å². The molecule has 11 nitrogen and oxygen atoms in total. The number of aliphatic hydroxyl groups is 1. The predicted octanol–water partition coefficient (Wildman–Crippen LogP) is 2.17. The number of nitrogen functional groups attached to an aromatic ring is 1. The maximum atomic E-state index is 12.6. The number of anilines is 2. The number of carbonyl (C=O) groups is 1. The van der Waals surface area contributed by atoms with Crippen molar-refractivity contribution in [1.29, 1.82) is 5.26 Å². The number of imidazole rings is 1. The summed E-state index contributed by atoms with van der Waals surface area (Å²) < 4.78 is 5.79. The fourth-order valence-corrected chi connectivity index (χ4v) is 3.53. The van der Waals surface area contributed by atoms with Crippen LogP contribution in [0, 0.1) is 11.3 Å². The first-order valence-electron chi connectivity index (χ1n) is 11.5. The molecule has 11 heteroatoms. The minimum atomic E-state index is -0.457. The number of rotatable bonds is 10. The van der Waals surface area contributed by atoms with Gasteiger partial charge < -0.3 is 30.8 Å². The molecular formula is C26H26N8O3. The highest BCUT2D eigenvalue weighted by Gasteiger charge is 2.11. The third-order valence-corrected chi connectivity index (χ3v) is 5.57. The first-order valence-corrected chi connectivity index (χ1v) is 11.5. The van der Waals surface area contributed by atoms with E-state index in [4.69, 9.17) is 15.6 Å². The van der Waals surface area contributed by atoms with Crippen LogP contribution in [0.25, 0.3) is 17.2 Å². The number of H-pyrrole nitrogens is 1. The molecule has 0 bridgehead atoms. The molecule has 5 N–H and O–H groups in total. The monoisotopic (exact) mass is 498 g/mol. The third kappa shape index (κ3) is 6.39. The highest BCUT2D eigenvalue weighted by atomic mass is 16.5. The standard InChI is InChI=1S/C26H26N8O3/c1-34(10-11-35)21-8-6-17(7-9-21)12-20(13-27)24(36)29-14-18-2-4-19(5-3-18)15-37-25-22-23(31-16-30-22)32-26(28)33-25/h2-9,12,16,35H,10-11,14-15H2,1H3,(H,29,36)(H3,28,30,31,32,33)/b20-12+. The quantitative estimate of drug-likeness (QED) is 0.189. The number of benzene rings is 2. The first kappa shape index (κ1) is 25.2. The summed E-state index contributed by atoms with van der Waals surface area (Å²) in [7, 11) is 1.88. The van der Waals surface area contributed by atoms with Gasteiger partial charge in [0.25, 0.3) is 5.91 Å². The number of likely N-dealkylation sites (N-methyl/N-ethyl adjacent to an activating group) is 1. The molecule has 0 aliphatic rings. The zero-order valence-corrected chi connectivity index (χ0v) is 20.2. The predicted molar refractivity (Wildman–Crippen MR) is 139 cm³/mol. The van der Waals surface area contributed by atoms with Gasteiger partial charge >= 0.3 is 0 Å². The summed E-state index contributed by atoms with van der Waals surface area (Å²) in [6, 6.07) is 16.9. The normalized spacial score (nSPS) is 11.2. The Balaban J connectivity index is 1.32. The topological polar surface area (TPSA) is 166 Å². The van der Waals surface area contributed by atoms with Gasteiger partial charge in [0.2, 0.25) is 11.8 Å². The lowest BCUT2D eigenvalue weighted by Gasteiger charge is -2.17. The van der Waals surface area contributed by atoms with Crippen LogP contribution in [0.1, 0.15) is 16.7 Å². The van der Waals surface area contributed by atoms with E-state index in [0.29, 0.717) is 23.6 Å². The number of aromatic amines is 1. The molecule has 0 unspecified atom stereocenters. The van der Waals surface area contributed by atoms with Crippen molar-refractivity contribution < 1.29 is 14.6 Å². The fourth-order valence-electron chi connectivity index (χ4n) is 3.53. The summed E-state index contributed by atoms with van der Waals surface area (Å²) in [6.45, 7) is 1.09. The first-order chi connectivity index (χ1) is 18.0. The number of carbonyl (C=O) groups excluding carboxylic acids is 1. The van der Waals surface area contributed by atoms with E-state index in [1.165, 1.54) is 6.33 Å². The van der Waals surface area contributed by atoms with Crippen molar-refractivity contribution >= 4 is 34.8 Å². The van der Waals surface area contributed by atoms with E-state index in [1.807, 2.05) is 66.5 Å². The molecule has 1 amide bonds. The Labute approximate surface area is 213 Å². The van der Waals surface area contributed by atoms with Crippen molar-refractivity contribution in [2.45, 2.75) is 13.2 Å². The lowest BCUT2D eigenvalue weighted by Crippen LogP contribution is -2.24. The van der Waals surface area contributed by atoms with E-state index < -0.39 is 5.91 Å². The van der Waals surface area contributed by atoms with Gasteiger partial charge in [-0.05, 0) is 34.9 Å². The summed E-state index contributed by atoms with van der Waals surface area (Å²) >= 11 is 0. The average Bonchev–Trinajstić information content (AvgIpc) is 3.38. The summed E-state index contributed by atoms with van der Waals surface area (Å²) in [5.41, 5.74) is 10.1. The van der Waals surface area contributed by atoms with Crippen molar-refractivity contribution in [2.75, 3.05) is 30.8 Å². The molecule has 0 saturated carbocycles. The maximum absolute atomic E-state index is 12.6. The number of amides is 1. The molecule has 2 aromatic carbocycles. The highest BCUT2D eigenvalue weighted by Crippen LogP contribution is 2.21. The van der Waals surface area contributed by atoms with Crippen LogP contribution in [0.3, 0.4) is 0 Å². The van der Waals surface area contributed by atoms with Gasteiger partial charge in [-0.15, -0.1) is 0 Å². The summed E-state index contributed by atoms with van der Waals surface area (Å²) in [5.74, 6) is -0.0607. The second kappa shape index (κ2) is 11.7. The fraction of sp³-hybridized carbons (Fsp3) is 0.192. The van der Waals surface area contributed by atoms with Gasteiger partial charge in [0.1, 0.15) is 23.8 Å². The lowest BCUT2D eigenvalue weighted by atomic mass is 10.1. The van der Waals surface area contributed by atoms with Crippen molar-refractivity contribution in [3.63, 3.8) is 0 Å². The number of nitriles is 1. The molecule has 188 valence electrons. The van der Waals surface area contributed by atoms with E-state index in [-0.39, 0.29) is 31.3 Å². The van der Waals surface area contributed by atoms with Crippen molar-refractivity contribution in [2.24, 2.45) is 0 Å². The van der Waals surface area contributed by atoms with Crippen LogP contribution in [-0.4, -0.2) is 51.1 Å². The second-order valence-electron chi connectivity index (χ2n) is 8.18. The largest absolute Gasteiger partial charge is 0.471 e. The molecule has 2 aromatic heterocycles. The highest BCUT2D eigenvalue weighted by molar-refractivity contribution is 6.01. The molecule has 0 aliphatic heterocycles. The molecule has 4 rings (SSSR count). The molecule has 37 heavy (non-hydrogen) atoms. The Kier molecular flexibility index (Phi) is 7.92. The number of fused-ring (bicyclic) bond motifs is 1. The number of nitrogens with one attached hydrogen (secondary N) is 2. The zero-order chi connectivity index (χ0) is 26.2. The maximum Gasteiger partial charge on any atom is 0.262 e. The van der Waals surface area contributed by atoms with E-state index in [2.05, 4.69) is 25.3 Å². The number of nitrogens with zero attached hydrogens (tertiary/aromatic N) is 5. The number of nitrogens with two attached hydrogens (primary N) is 1. The number of ether oxygens (including phenoxy) is 1. The lowest BCUT2D eigenvalue weighted by molar-refractivity contribution is -0.117. The van der Waals surface area contributed by atoms with Gasteiger partial charge in [0, 0.05) is 25.8 Å². The average molecular weight is 499 g/mol. The molecule has 0 spiro atoms. The smallest absolute Gasteiger partial charge is 0.262 e. The van der Waals surface area contributed by atoms with Gasteiger partial charge in [0.05, 0.1) is 12.9 Å². The number of aliphatic hydroxyl groups excluding tert-OH is 1. The van der Waals surface area contributed by atoms with Gasteiger partial charge in [-0.25, -0.2) is 4.98 Å². The summed E-state index contributed by atoms with van der Waals surface area (Å²) in [5, 5.41) is 21.3. The molecule has 2 heterocycles. The van der Waals surface area contributed by atoms with Crippen LogP contribution in [0.4, 0.5) is 11.6 Å². The molecule has 0 aliphatic carbocycles. The number of hydrogen-bond donors (Lipinski definition) is 4. The SMILES string of the molecule is CN(CCO)c1ccc(/C=C(\C#N)C(=O)NCc2ccc(COc3nc(N)nc4nc[nH]c34)cc2)cc1. The molecule has 0 saturated heterocycles. The number of aromatic nitrogens is 4. The van der Waals surface area contributed by atoms with E-state index in [9.17, 15) is 10.1 Å². The molecule has 4 aromatic rings. The Morgan fingerprint density at radius 3 is 2.62 bits per heavy atom. The van der Waals surface area contributed by atoms with Crippen molar-refractivity contribution in [3.05, 3.63) is 77.1 Å². The Morgan fingerprint density at radius 1 is 1.19 bits per heavy atom. The van der Waals surface area contributed by atoms with Crippen LogP contribution in [0.15, 0.2) is 60.4 Å². The van der Waals surface area contributed by atoms with Crippen LogP contribution in [0.2, 0.25) is 0 Å². The van der Waals surface area contributed by atoms with E-state index in [1.54, 1.807) is 6.08 Å². The Hall–Kier alpha value is -4.95. The Bertz CT molecular complexity index is 1440. The Morgan fingerprint density at radius 2 is 1.92 bits per heavy atom. The molecular weight excluding hydrogens is 472 g/mol. The van der Waals surface area contributed by atoms with E-state index in [0.717, 1.165) is 22.4 Å². The second-order valence-corrected chi connectivity index (χ2v) is 8.18. The van der Waals surface area contributed by atoms with Gasteiger partial charge in [0.15, 0.2) is 5.65 Å². The van der Waals surface area contributed by atoms with Crippen molar-refractivity contribution in [1.82, 2.24) is 25.3 Å². The van der Waals surface area contributed by atoms with Crippen LogP contribution >= 0.6 is 0 Å². The van der Waals surface area contributed by atoms with Crippen LogP contribution in [0.5, 0.6) is 5.88 Å². The minimum absolute atomic E-state index is 0.00993. The zero-order valence-electron chi connectivity index (χ0n) is 20.2. The van der Waals surface area contributed by atoms with Gasteiger partial charge in [-0.3, -0.25) is 4.79 Å². The van der Waals surface area contributed by atoms with Crippen LogP contribution < -0.4 is 20.7 Å².